The molecule has 7 heavy (non-hydrogen) atoms. The lowest BCUT2D eigenvalue weighted by molar-refractivity contribution is 0.381. The van der Waals surface area contributed by atoms with Crippen LogP contribution < -0.4 is 0 Å². The number of allylic oxidation sites excluding steroid dienone is 1. The van der Waals surface area contributed by atoms with Gasteiger partial charge in [-0.1, -0.05) is 11.6 Å². The Balaban J connectivity index is 2.40. The quantitative estimate of drug-likeness (QED) is 0.498. The second kappa shape index (κ2) is 1.48. The monoisotopic (exact) mass is 120 g/mol. The first-order chi connectivity index (χ1) is 3.27. The van der Waals surface area contributed by atoms with Crippen LogP contribution in [-0.2, 0) is 0 Å². The first kappa shape index (κ1) is 5.10. The van der Waals surface area contributed by atoms with Crippen LogP contribution in [0.15, 0.2) is 11.6 Å². The van der Waals surface area contributed by atoms with Gasteiger partial charge in [-0.2, -0.15) is 0 Å². The van der Waals surface area contributed by atoms with Crippen molar-refractivity contribution in [2.45, 2.75) is 18.5 Å². The molecule has 1 fully saturated rings. The fourth-order valence-electron chi connectivity index (χ4n) is 0.399. The molecule has 0 spiro atoms. The number of hydrogen-bond acceptors (Lipinski definition) is 0. The molecule has 0 saturated heterocycles. The molecule has 0 aromatic heterocycles. The summed E-state index contributed by atoms with van der Waals surface area (Å²) in [5.41, 5.74) is 0.231. The molecular weight excluding hydrogens is 115 g/mol. The Bertz CT molecular complexity index is 94.3. The fourth-order valence-corrected chi connectivity index (χ4v) is 0.625. The van der Waals surface area contributed by atoms with E-state index >= 15 is 0 Å². The molecule has 0 aromatic carbocycles. The molecule has 0 heterocycles. The first-order valence-corrected chi connectivity index (χ1v) is 2.67. The lowest BCUT2D eigenvalue weighted by Gasteiger charge is -1.87. The summed E-state index contributed by atoms with van der Waals surface area (Å²) in [6.07, 6.45) is 2.70. The highest BCUT2D eigenvalue weighted by Crippen LogP contribution is 2.40. The summed E-state index contributed by atoms with van der Waals surface area (Å²) in [6.45, 7) is 0. The molecule has 1 saturated carbocycles. The van der Waals surface area contributed by atoms with Gasteiger partial charge in [0.25, 0.3) is 0 Å². The highest BCUT2D eigenvalue weighted by atomic mass is 35.5. The summed E-state index contributed by atoms with van der Waals surface area (Å²) in [6, 6.07) is 0. The number of rotatable bonds is 1. The van der Waals surface area contributed by atoms with E-state index in [1.54, 1.807) is 0 Å². The van der Waals surface area contributed by atoms with Gasteiger partial charge in [0.15, 0.2) is 0 Å². The van der Waals surface area contributed by atoms with E-state index < -0.39 is 5.67 Å². The Labute approximate surface area is 47.0 Å². The molecule has 2 heteroatoms. The van der Waals surface area contributed by atoms with Gasteiger partial charge in [-0.25, -0.2) is 4.39 Å². The van der Waals surface area contributed by atoms with Gasteiger partial charge in [0, 0.05) is 5.54 Å². The topological polar surface area (TPSA) is 0 Å². The van der Waals surface area contributed by atoms with Crippen LogP contribution in [0.4, 0.5) is 4.39 Å². The smallest absolute Gasteiger partial charge is 0.130 e. The summed E-state index contributed by atoms with van der Waals surface area (Å²) < 4.78 is 12.3. The third-order valence-electron chi connectivity index (χ3n) is 1.09. The van der Waals surface area contributed by atoms with Gasteiger partial charge in [0.1, 0.15) is 5.67 Å². The predicted octanol–water partition coefficient (Wildman–Crippen LogP) is 2.24. The maximum Gasteiger partial charge on any atom is 0.130 e. The van der Waals surface area contributed by atoms with Crippen LogP contribution in [-0.4, -0.2) is 5.67 Å². The standard InChI is InChI=1S/C5H6ClF/c6-4-3-5(7)1-2-5/h3-4H,1-2H2. The van der Waals surface area contributed by atoms with Crippen LogP contribution in [0.1, 0.15) is 12.8 Å². The van der Waals surface area contributed by atoms with Crippen LogP contribution in [0.25, 0.3) is 0 Å². The number of hydrogen-bond donors (Lipinski definition) is 0. The van der Waals surface area contributed by atoms with Gasteiger partial charge in [-0.3, -0.25) is 0 Å². The van der Waals surface area contributed by atoms with Crippen LogP contribution >= 0.6 is 11.6 Å². The van der Waals surface area contributed by atoms with Crippen molar-refractivity contribution in [2.75, 3.05) is 0 Å². The first-order valence-electron chi connectivity index (χ1n) is 2.24. The van der Waals surface area contributed by atoms with Crippen molar-refractivity contribution in [3.63, 3.8) is 0 Å². The van der Waals surface area contributed by atoms with E-state index in [1.165, 1.54) is 11.6 Å². The van der Waals surface area contributed by atoms with E-state index in [1.807, 2.05) is 0 Å². The highest BCUT2D eigenvalue weighted by Gasteiger charge is 2.39. The lowest BCUT2D eigenvalue weighted by Crippen LogP contribution is -1.88. The van der Waals surface area contributed by atoms with Crippen molar-refractivity contribution >= 4 is 11.6 Å². The molecule has 0 nitrogen and oxygen atoms in total. The Morgan fingerprint density at radius 3 is 2.29 bits per heavy atom. The van der Waals surface area contributed by atoms with E-state index in [0.717, 1.165) is 0 Å². The fraction of sp³-hybridized carbons (Fsp3) is 0.600. The van der Waals surface area contributed by atoms with Gasteiger partial charge in [0.2, 0.25) is 0 Å². The van der Waals surface area contributed by atoms with Crippen LogP contribution in [0.3, 0.4) is 0 Å². The van der Waals surface area contributed by atoms with Crippen LogP contribution in [0, 0.1) is 0 Å². The average molecular weight is 121 g/mol. The Hall–Kier alpha value is -0.0400. The Morgan fingerprint density at radius 2 is 2.14 bits per heavy atom. The second-order valence-electron chi connectivity index (χ2n) is 1.83. The molecule has 40 valence electrons. The molecule has 0 bridgehead atoms. The molecule has 0 unspecified atom stereocenters. The summed E-state index contributed by atoms with van der Waals surface area (Å²) in [4.78, 5) is 0. The third kappa shape index (κ3) is 1.16. The molecule has 1 rings (SSSR count). The number of halogens is 2. The van der Waals surface area contributed by atoms with Crippen molar-refractivity contribution in [3.8, 4) is 0 Å². The number of alkyl halides is 1. The molecule has 0 aromatic rings. The molecule has 1 aliphatic rings. The van der Waals surface area contributed by atoms with Gasteiger partial charge in [0.05, 0.1) is 0 Å². The van der Waals surface area contributed by atoms with Crippen molar-refractivity contribution in [2.24, 2.45) is 0 Å². The van der Waals surface area contributed by atoms with Crippen molar-refractivity contribution < 1.29 is 4.39 Å². The molecule has 0 amide bonds. The maximum atomic E-state index is 12.3. The Kier molecular flexibility index (Phi) is 1.08. The molecule has 1 aliphatic carbocycles. The minimum absolute atomic E-state index is 0.649. The van der Waals surface area contributed by atoms with Gasteiger partial charge in [-0.05, 0) is 18.9 Å². The van der Waals surface area contributed by atoms with E-state index in [-0.39, 0.29) is 0 Å². The average Bonchev–Trinajstić information content (AvgIpc) is 2.22. The zero-order chi connectivity index (χ0) is 5.33. The van der Waals surface area contributed by atoms with Gasteiger partial charge >= 0.3 is 0 Å². The molecular formula is C5H6ClF. The summed E-state index contributed by atoms with van der Waals surface area (Å²) in [5.74, 6) is 0. The lowest BCUT2D eigenvalue weighted by atomic mass is 10.4. The third-order valence-corrected chi connectivity index (χ3v) is 1.22. The zero-order valence-corrected chi connectivity index (χ0v) is 4.58. The minimum Gasteiger partial charge on any atom is -0.239 e. The Morgan fingerprint density at radius 1 is 1.57 bits per heavy atom. The predicted molar refractivity (Wildman–Crippen MR) is 28.1 cm³/mol. The summed E-state index contributed by atoms with van der Waals surface area (Å²) in [5, 5.41) is 0. The normalized spacial score (nSPS) is 26.0. The van der Waals surface area contributed by atoms with Crippen LogP contribution in [0.5, 0.6) is 0 Å². The summed E-state index contributed by atoms with van der Waals surface area (Å²) >= 11 is 5.11. The van der Waals surface area contributed by atoms with Crippen molar-refractivity contribution in [3.05, 3.63) is 11.6 Å². The molecule has 0 radical (unpaired) electrons. The largest absolute Gasteiger partial charge is 0.239 e. The SMILES string of the molecule is FC1(C=CCl)CC1. The zero-order valence-electron chi connectivity index (χ0n) is 3.82. The van der Waals surface area contributed by atoms with Crippen molar-refractivity contribution in [1.29, 1.82) is 0 Å². The minimum atomic E-state index is -1.01. The summed E-state index contributed by atoms with van der Waals surface area (Å²) in [7, 11) is 0. The van der Waals surface area contributed by atoms with Gasteiger partial charge < -0.3 is 0 Å². The van der Waals surface area contributed by atoms with Gasteiger partial charge in [-0.15, -0.1) is 0 Å². The molecule has 0 N–H and O–H groups in total. The van der Waals surface area contributed by atoms with E-state index in [4.69, 9.17) is 11.6 Å². The van der Waals surface area contributed by atoms with E-state index in [9.17, 15) is 4.39 Å². The van der Waals surface area contributed by atoms with E-state index in [2.05, 4.69) is 0 Å². The van der Waals surface area contributed by atoms with Crippen molar-refractivity contribution in [1.82, 2.24) is 0 Å². The van der Waals surface area contributed by atoms with Crippen LogP contribution in [0.2, 0.25) is 0 Å². The molecule has 0 atom stereocenters. The highest BCUT2D eigenvalue weighted by molar-refractivity contribution is 6.25. The maximum absolute atomic E-state index is 12.3. The molecule has 0 aliphatic heterocycles. The second-order valence-corrected chi connectivity index (χ2v) is 2.08. The van der Waals surface area contributed by atoms with E-state index in [0.29, 0.717) is 12.8 Å².